The number of phenolic OH excluding ortho intramolecular Hbond substituents is 1. The zero-order chi connectivity index (χ0) is 39.8. The second-order valence-corrected chi connectivity index (χ2v) is 22.7. The molecule has 1 spiro atoms. The number of aromatic amines is 1. The van der Waals surface area contributed by atoms with Gasteiger partial charge in [0.05, 0.1) is 28.8 Å². The van der Waals surface area contributed by atoms with Gasteiger partial charge in [0, 0.05) is 48.9 Å². The zero-order valence-corrected chi connectivity index (χ0v) is 34.8. The summed E-state index contributed by atoms with van der Waals surface area (Å²) in [4.78, 5) is 36.1. The van der Waals surface area contributed by atoms with Crippen molar-refractivity contribution in [2.45, 2.75) is 102 Å². The molecule has 2 aromatic heterocycles. The van der Waals surface area contributed by atoms with E-state index in [-0.39, 0.29) is 40.6 Å². The lowest BCUT2D eigenvalue weighted by molar-refractivity contribution is -0.332. The Hall–Kier alpha value is -3.53. The van der Waals surface area contributed by atoms with Gasteiger partial charge < -0.3 is 29.5 Å². The number of fused-ring (bicyclic) bond motifs is 1. The number of nitrogens with zero attached hydrogens (tertiary/aromatic N) is 3. The molecule has 3 N–H and O–H groups in total. The minimum Gasteiger partial charge on any atom is -0.506 e. The van der Waals surface area contributed by atoms with E-state index >= 15 is 0 Å². The second kappa shape index (κ2) is 16.1. The smallest absolute Gasteiger partial charge is 0.373 e. The van der Waals surface area contributed by atoms with Crippen LogP contribution in [0, 0.1) is 0 Å². The number of hydrogen-bond donors (Lipinski definition) is 3. The number of aromatic nitrogens is 2. The number of hydrogen-bond acceptors (Lipinski definition) is 9. The van der Waals surface area contributed by atoms with Crippen LogP contribution in [0.15, 0.2) is 58.7 Å². The van der Waals surface area contributed by atoms with E-state index in [0.29, 0.717) is 51.1 Å². The quantitative estimate of drug-likeness (QED) is 0.0982. The number of piperidine rings is 1. The summed E-state index contributed by atoms with van der Waals surface area (Å²) >= 11 is 1.38. The first-order valence-electron chi connectivity index (χ1n) is 19.2. The highest BCUT2D eigenvalue weighted by atomic mass is 32.1. The molecule has 0 radical (unpaired) electrons. The van der Waals surface area contributed by atoms with Crippen LogP contribution in [0.2, 0.25) is 18.1 Å². The Balaban J connectivity index is 1.05. The maximum absolute atomic E-state index is 15.0. The van der Waals surface area contributed by atoms with Crippen LogP contribution >= 0.6 is 11.3 Å². The number of amides is 1. The third kappa shape index (κ3) is 9.71. The summed E-state index contributed by atoms with van der Waals surface area (Å²) in [6.45, 7) is 17.5. The number of nitrogens with one attached hydrogen (secondary N) is 2. The van der Waals surface area contributed by atoms with Gasteiger partial charge in [0.25, 0.3) is 5.91 Å². The van der Waals surface area contributed by atoms with Gasteiger partial charge >= 0.3 is 6.11 Å². The van der Waals surface area contributed by atoms with Crippen molar-refractivity contribution < 1.29 is 27.8 Å². The topological polar surface area (TPSA) is 120 Å². The molecule has 14 heteroatoms. The van der Waals surface area contributed by atoms with Crippen molar-refractivity contribution in [3.63, 3.8) is 0 Å². The largest absolute Gasteiger partial charge is 0.506 e. The Morgan fingerprint density at radius 1 is 1.11 bits per heavy atom. The number of H-pyrrole nitrogens is 1. The lowest BCUT2D eigenvalue weighted by Gasteiger charge is -2.49. The van der Waals surface area contributed by atoms with Crippen LogP contribution in [0.25, 0.3) is 10.9 Å². The number of benzene rings is 2. The number of ether oxygens (including phenoxy) is 1. The normalized spacial score (nSPS) is 18.3. The summed E-state index contributed by atoms with van der Waals surface area (Å²) in [5, 5.41) is 17.3. The van der Waals surface area contributed by atoms with Gasteiger partial charge in [-0.1, -0.05) is 65.0 Å². The molecular formula is C41H55F2N5O5SSi. The minimum atomic E-state index is -3.43. The Bertz CT molecular complexity index is 2040. The van der Waals surface area contributed by atoms with Gasteiger partial charge in [0.1, 0.15) is 18.0 Å². The highest BCUT2D eigenvalue weighted by Gasteiger charge is 2.52. The zero-order valence-electron chi connectivity index (χ0n) is 33.0. The predicted molar refractivity (Wildman–Crippen MR) is 216 cm³/mol. The van der Waals surface area contributed by atoms with Crippen LogP contribution in [0.1, 0.15) is 91.7 Å². The molecule has 4 aromatic rings. The summed E-state index contributed by atoms with van der Waals surface area (Å²) in [7, 11) is -2.21. The number of halogens is 2. The van der Waals surface area contributed by atoms with Crippen LogP contribution < -0.4 is 10.9 Å². The third-order valence-electron chi connectivity index (χ3n) is 11.3. The highest BCUT2D eigenvalue weighted by molar-refractivity contribution is 7.09. The van der Waals surface area contributed by atoms with Gasteiger partial charge in [0.15, 0.2) is 8.32 Å². The average Bonchev–Trinajstić information content (AvgIpc) is 3.61. The molecule has 0 aliphatic carbocycles. The van der Waals surface area contributed by atoms with Crippen molar-refractivity contribution in [1.82, 2.24) is 25.1 Å². The second-order valence-electron chi connectivity index (χ2n) is 17.0. The molecule has 1 atom stereocenters. The van der Waals surface area contributed by atoms with Gasteiger partial charge in [-0.05, 0) is 72.8 Å². The summed E-state index contributed by atoms with van der Waals surface area (Å²) in [6, 6.07) is 15.2. The van der Waals surface area contributed by atoms with E-state index < -0.39 is 32.5 Å². The molecule has 2 aromatic carbocycles. The molecule has 2 saturated heterocycles. The van der Waals surface area contributed by atoms with Gasteiger partial charge in [-0.2, -0.15) is 8.78 Å². The molecule has 298 valence electrons. The van der Waals surface area contributed by atoms with Crippen LogP contribution in [0.3, 0.4) is 0 Å². The molecule has 1 amide bonds. The first-order valence-corrected chi connectivity index (χ1v) is 23.0. The minimum absolute atomic E-state index is 0.0185. The number of carbonyl (C=O) groups excluding carboxylic acids is 1. The van der Waals surface area contributed by atoms with Gasteiger partial charge in [-0.15, -0.1) is 11.3 Å². The summed E-state index contributed by atoms with van der Waals surface area (Å²) < 4.78 is 42.3. The molecule has 0 bridgehead atoms. The molecule has 2 fully saturated rings. The van der Waals surface area contributed by atoms with E-state index in [0.717, 1.165) is 27.9 Å². The number of rotatable bonds is 12. The molecule has 0 saturated carbocycles. The van der Waals surface area contributed by atoms with Gasteiger partial charge in [-0.3, -0.25) is 14.5 Å². The number of aromatic hydroxyl groups is 1. The number of likely N-dealkylation sites (tertiary alicyclic amines) is 1. The molecule has 10 nitrogen and oxygen atoms in total. The summed E-state index contributed by atoms with van der Waals surface area (Å²) in [5.41, 5.74) is 2.48. The Morgan fingerprint density at radius 3 is 2.53 bits per heavy atom. The third-order valence-corrected chi connectivity index (χ3v) is 17.0. The van der Waals surface area contributed by atoms with Gasteiger partial charge in [0.2, 0.25) is 5.56 Å². The molecule has 55 heavy (non-hydrogen) atoms. The number of pyridine rings is 1. The van der Waals surface area contributed by atoms with E-state index in [1.54, 1.807) is 17.5 Å². The first-order chi connectivity index (χ1) is 25.8. The van der Waals surface area contributed by atoms with E-state index in [4.69, 9.17) is 9.16 Å². The monoisotopic (exact) mass is 795 g/mol. The van der Waals surface area contributed by atoms with Crippen molar-refractivity contribution in [2.75, 3.05) is 39.3 Å². The standard InChI is InChI=1S/C41H55F2N5O5SSi/c1-27(2)37-45-32(24-54-37)38(51)48-25-40(53-41(42,43)26-48)16-19-47(20-17-40)23-29-10-8-9-28(21-29)15-18-44-22-34(52-55(6,7)39(3,4)5)30-11-13-33(49)36-31(30)12-14-35(50)46-36/h8-14,21,24,27,34,44,49H,15-20,22-23,25-26H2,1-7H3,(H,46,50)/t34-/m0/s1. The summed E-state index contributed by atoms with van der Waals surface area (Å²) in [5.74, 6) is -0.288. The van der Waals surface area contributed by atoms with Crippen LogP contribution in [-0.4, -0.2) is 90.1 Å². The first kappa shape index (κ1) is 41.1. The maximum atomic E-state index is 15.0. The predicted octanol–water partition coefficient (Wildman–Crippen LogP) is 7.81. The van der Waals surface area contributed by atoms with Crippen molar-refractivity contribution in [2.24, 2.45) is 0 Å². The van der Waals surface area contributed by atoms with E-state index in [2.05, 4.69) is 78.3 Å². The van der Waals surface area contributed by atoms with E-state index in [1.807, 2.05) is 19.9 Å². The van der Waals surface area contributed by atoms with Gasteiger partial charge in [-0.25, -0.2) is 4.98 Å². The average molecular weight is 796 g/mol. The number of thiazole rings is 1. The van der Waals surface area contributed by atoms with Crippen LogP contribution in [0.5, 0.6) is 5.75 Å². The van der Waals surface area contributed by atoms with Crippen molar-refractivity contribution in [1.29, 1.82) is 0 Å². The Kier molecular flexibility index (Phi) is 12.1. The van der Waals surface area contributed by atoms with E-state index in [9.17, 15) is 23.5 Å². The number of alkyl halides is 2. The fraction of sp³-hybridized carbons (Fsp3) is 0.537. The fourth-order valence-corrected chi connectivity index (χ4v) is 9.32. The van der Waals surface area contributed by atoms with E-state index in [1.165, 1.54) is 27.9 Å². The summed E-state index contributed by atoms with van der Waals surface area (Å²) in [6.07, 6.45) is -2.14. The maximum Gasteiger partial charge on any atom is 0.373 e. The molecule has 4 heterocycles. The molecular weight excluding hydrogens is 741 g/mol. The molecule has 2 aliphatic heterocycles. The highest BCUT2D eigenvalue weighted by Crippen LogP contribution is 2.42. The van der Waals surface area contributed by atoms with Crippen molar-refractivity contribution in [3.8, 4) is 5.75 Å². The molecule has 6 rings (SSSR count). The van der Waals surface area contributed by atoms with Crippen molar-refractivity contribution >= 4 is 36.5 Å². The van der Waals surface area contributed by atoms with Crippen molar-refractivity contribution in [3.05, 3.63) is 91.7 Å². The number of morpholine rings is 1. The SMILES string of the molecule is CC(C)c1nc(C(=O)N2CC(F)(F)OC3(CCN(Cc4cccc(CCNC[C@H](O[Si](C)(C)C(C)(C)C)c5ccc(O)c6[nH]c(=O)ccc56)c4)CC3)C2)cs1. The molecule has 2 aliphatic rings. The lowest BCUT2D eigenvalue weighted by atomic mass is 9.88. The Labute approximate surface area is 327 Å². The van der Waals surface area contributed by atoms with Crippen LogP contribution in [-0.2, 0) is 22.1 Å². The fourth-order valence-electron chi connectivity index (χ4n) is 7.24. The Morgan fingerprint density at radius 2 is 1.84 bits per heavy atom. The lowest BCUT2D eigenvalue weighted by Crippen LogP contribution is -2.62. The molecule has 0 unspecified atom stereocenters. The number of phenols is 1. The van der Waals surface area contributed by atoms with Crippen LogP contribution in [0.4, 0.5) is 8.78 Å². The number of carbonyl (C=O) groups is 1.